The van der Waals surface area contributed by atoms with E-state index < -0.39 is 5.97 Å². The average Bonchev–Trinajstić information content (AvgIpc) is 2.84. The van der Waals surface area contributed by atoms with Crippen molar-refractivity contribution in [3.05, 3.63) is 35.5 Å². The number of carboxylic acid groups (broad SMARTS) is 1. The Labute approximate surface area is 133 Å². The number of aliphatic carboxylic acids is 1. The first-order chi connectivity index (χ1) is 10.6. The number of aromatic nitrogens is 1. The lowest BCUT2D eigenvalue weighted by molar-refractivity contribution is -0.137. The molecule has 0 atom stereocenters. The Balaban J connectivity index is 1.75. The van der Waals surface area contributed by atoms with E-state index in [4.69, 9.17) is 16.7 Å². The van der Waals surface area contributed by atoms with Crippen molar-refractivity contribution in [1.82, 2.24) is 9.88 Å². The van der Waals surface area contributed by atoms with Gasteiger partial charge in [-0.05, 0) is 37.1 Å². The molecule has 5 nitrogen and oxygen atoms in total. The molecule has 2 N–H and O–H groups in total. The Kier molecular flexibility index (Phi) is 5.83. The number of carbonyl (C=O) groups is 2. The van der Waals surface area contributed by atoms with E-state index >= 15 is 0 Å². The SMILES string of the molecule is O=C(O)CCCCCNC(=O)Cn1ccc2cc(Cl)ccc21. The number of nitrogens with one attached hydrogen (secondary N) is 1. The fourth-order valence-corrected chi connectivity index (χ4v) is 2.51. The molecule has 0 aliphatic heterocycles. The molecule has 1 heterocycles. The first-order valence-electron chi connectivity index (χ1n) is 7.29. The molecule has 0 saturated heterocycles. The van der Waals surface area contributed by atoms with Gasteiger partial charge in [0.05, 0.1) is 0 Å². The van der Waals surface area contributed by atoms with Crippen LogP contribution in [-0.4, -0.2) is 28.1 Å². The molecule has 0 bridgehead atoms. The lowest BCUT2D eigenvalue weighted by Crippen LogP contribution is -2.28. The highest BCUT2D eigenvalue weighted by atomic mass is 35.5. The van der Waals surface area contributed by atoms with Crippen LogP contribution in [0.15, 0.2) is 30.5 Å². The second kappa shape index (κ2) is 7.84. The van der Waals surface area contributed by atoms with Crippen molar-refractivity contribution < 1.29 is 14.7 Å². The molecule has 1 aromatic heterocycles. The number of amides is 1. The van der Waals surface area contributed by atoms with E-state index in [0.717, 1.165) is 23.7 Å². The minimum atomic E-state index is -0.774. The number of benzene rings is 1. The third kappa shape index (κ3) is 4.77. The summed E-state index contributed by atoms with van der Waals surface area (Å²) >= 11 is 5.94. The summed E-state index contributed by atoms with van der Waals surface area (Å²) in [5, 5.41) is 13.1. The van der Waals surface area contributed by atoms with Gasteiger partial charge in [0.2, 0.25) is 5.91 Å². The van der Waals surface area contributed by atoms with E-state index in [9.17, 15) is 9.59 Å². The smallest absolute Gasteiger partial charge is 0.303 e. The van der Waals surface area contributed by atoms with Crippen molar-refractivity contribution in [2.24, 2.45) is 0 Å². The fraction of sp³-hybridized carbons (Fsp3) is 0.375. The summed E-state index contributed by atoms with van der Waals surface area (Å²) in [7, 11) is 0. The summed E-state index contributed by atoms with van der Waals surface area (Å²) in [4.78, 5) is 22.3. The van der Waals surface area contributed by atoms with Gasteiger partial charge < -0.3 is 15.0 Å². The number of hydrogen-bond acceptors (Lipinski definition) is 2. The number of fused-ring (bicyclic) bond motifs is 1. The van der Waals surface area contributed by atoms with Gasteiger partial charge in [0, 0.05) is 35.1 Å². The van der Waals surface area contributed by atoms with Crippen LogP contribution in [0.2, 0.25) is 5.02 Å². The lowest BCUT2D eigenvalue weighted by atomic mass is 10.2. The van der Waals surface area contributed by atoms with Crippen LogP contribution in [-0.2, 0) is 16.1 Å². The molecule has 1 amide bonds. The number of unbranched alkanes of at least 4 members (excludes halogenated alkanes) is 2. The zero-order chi connectivity index (χ0) is 15.9. The molecule has 118 valence electrons. The molecule has 2 aromatic rings. The second-order valence-electron chi connectivity index (χ2n) is 5.20. The molecule has 22 heavy (non-hydrogen) atoms. The van der Waals surface area contributed by atoms with E-state index in [1.807, 2.05) is 29.0 Å². The first-order valence-corrected chi connectivity index (χ1v) is 7.67. The standard InChI is InChI=1S/C16H19ClN2O3/c17-13-5-6-14-12(10-13)7-9-19(14)11-15(20)18-8-3-1-2-4-16(21)22/h5-7,9-10H,1-4,8,11H2,(H,18,20)(H,21,22). The topological polar surface area (TPSA) is 71.3 Å². The first kappa shape index (κ1) is 16.4. The van der Waals surface area contributed by atoms with Crippen molar-refractivity contribution in [2.75, 3.05) is 6.54 Å². The second-order valence-corrected chi connectivity index (χ2v) is 5.64. The average molecular weight is 323 g/mol. The normalized spacial score (nSPS) is 10.8. The summed E-state index contributed by atoms with van der Waals surface area (Å²) in [5.74, 6) is -0.825. The van der Waals surface area contributed by atoms with Crippen LogP contribution in [0.3, 0.4) is 0 Å². The predicted octanol–water partition coefficient (Wildman–Crippen LogP) is 3.06. The largest absolute Gasteiger partial charge is 0.481 e. The number of halogens is 1. The third-order valence-electron chi connectivity index (χ3n) is 3.44. The van der Waals surface area contributed by atoms with Crippen LogP contribution in [0.25, 0.3) is 10.9 Å². The monoisotopic (exact) mass is 322 g/mol. The third-order valence-corrected chi connectivity index (χ3v) is 3.67. The molecule has 0 fully saturated rings. The molecule has 6 heteroatoms. The van der Waals surface area contributed by atoms with E-state index in [0.29, 0.717) is 18.0 Å². The Morgan fingerprint density at radius 3 is 2.77 bits per heavy atom. The van der Waals surface area contributed by atoms with Gasteiger partial charge >= 0.3 is 5.97 Å². The maximum atomic E-state index is 11.9. The van der Waals surface area contributed by atoms with Gasteiger partial charge in [-0.1, -0.05) is 18.0 Å². The molecular formula is C16H19ClN2O3. The van der Waals surface area contributed by atoms with E-state index in [2.05, 4.69) is 5.32 Å². The van der Waals surface area contributed by atoms with Gasteiger partial charge in [0.15, 0.2) is 0 Å². The van der Waals surface area contributed by atoms with Gasteiger partial charge in [-0.3, -0.25) is 9.59 Å². The van der Waals surface area contributed by atoms with Crippen molar-refractivity contribution in [2.45, 2.75) is 32.2 Å². The molecule has 0 unspecified atom stereocenters. The van der Waals surface area contributed by atoms with Gasteiger partial charge in [-0.2, -0.15) is 0 Å². The molecule has 0 saturated carbocycles. The minimum absolute atomic E-state index is 0.0503. The maximum absolute atomic E-state index is 11.9. The Hall–Kier alpha value is -2.01. The molecule has 0 aliphatic carbocycles. The van der Waals surface area contributed by atoms with Crippen molar-refractivity contribution in [1.29, 1.82) is 0 Å². The Morgan fingerprint density at radius 1 is 1.18 bits per heavy atom. The zero-order valence-corrected chi connectivity index (χ0v) is 13.0. The summed E-state index contributed by atoms with van der Waals surface area (Å²) in [6.45, 7) is 0.837. The minimum Gasteiger partial charge on any atom is -0.481 e. The molecule has 0 aliphatic rings. The van der Waals surface area contributed by atoms with Crippen LogP contribution in [0.5, 0.6) is 0 Å². The van der Waals surface area contributed by atoms with Crippen molar-refractivity contribution >= 4 is 34.4 Å². The highest BCUT2D eigenvalue weighted by Gasteiger charge is 2.06. The molecule has 0 spiro atoms. The van der Waals surface area contributed by atoms with E-state index in [1.165, 1.54) is 0 Å². The molecule has 1 aromatic carbocycles. The molecular weight excluding hydrogens is 304 g/mol. The summed E-state index contributed by atoms with van der Waals surface area (Å²) in [6.07, 6.45) is 4.30. The molecule has 0 radical (unpaired) electrons. The Bertz CT molecular complexity index is 666. The van der Waals surface area contributed by atoms with Gasteiger partial charge in [-0.15, -0.1) is 0 Å². The van der Waals surface area contributed by atoms with E-state index in [1.54, 1.807) is 6.07 Å². The quantitative estimate of drug-likeness (QED) is 0.734. The van der Waals surface area contributed by atoms with Gasteiger partial charge in [0.1, 0.15) is 6.54 Å². The van der Waals surface area contributed by atoms with Crippen LogP contribution in [0, 0.1) is 0 Å². The number of hydrogen-bond donors (Lipinski definition) is 2. The number of rotatable bonds is 8. The van der Waals surface area contributed by atoms with Crippen molar-refractivity contribution in [3.63, 3.8) is 0 Å². The summed E-state index contributed by atoms with van der Waals surface area (Å²) < 4.78 is 1.88. The number of carbonyl (C=O) groups excluding carboxylic acids is 1. The van der Waals surface area contributed by atoms with E-state index in [-0.39, 0.29) is 18.9 Å². The predicted molar refractivity (Wildman–Crippen MR) is 86.1 cm³/mol. The summed E-state index contributed by atoms with van der Waals surface area (Å²) in [6, 6.07) is 7.51. The van der Waals surface area contributed by atoms with Crippen LogP contribution >= 0.6 is 11.6 Å². The van der Waals surface area contributed by atoms with Gasteiger partial charge in [0.25, 0.3) is 0 Å². The van der Waals surface area contributed by atoms with Crippen LogP contribution < -0.4 is 5.32 Å². The van der Waals surface area contributed by atoms with Gasteiger partial charge in [-0.25, -0.2) is 0 Å². The highest BCUT2D eigenvalue weighted by molar-refractivity contribution is 6.31. The maximum Gasteiger partial charge on any atom is 0.303 e. The van der Waals surface area contributed by atoms with Crippen molar-refractivity contribution in [3.8, 4) is 0 Å². The number of carboxylic acids is 1. The lowest BCUT2D eigenvalue weighted by Gasteiger charge is -2.07. The molecule has 2 rings (SSSR count). The van der Waals surface area contributed by atoms with Crippen LogP contribution in [0.4, 0.5) is 0 Å². The number of nitrogens with zero attached hydrogens (tertiary/aromatic N) is 1. The Morgan fingerprint density at radius 2 is 2.00 bits per heavy atom. The fourth-order valence-electron chi connectivity index (χ4n) is 2.33. The highest BCUT2D eigenvalue weighted by Crippen LogP contribution is 2.20. The van der Waals surface area contributed by atoms with Crippen LogP contribution in [0.1, 0.15) is 25.7 Å². The zero-order valence-electron chi connectivity index (χ0n) is 12.2. The summed E-state index contributed by atoms with van der Waals surface area (Å²) in [5.41, 5.74) is 0.973.